The maximum atomic E-state index is 6.24. The van der Waals surface area contributed by atoms with Gasteiger partial charge < -0.3 is 0 Å². The van der Waals surface area contributed by atoms with E-state index in [1.54, 1.807) is 0 Å². The third-order valence-corrected chi connectivity index (χ3v) is 8.35. The van der Waals surface area contributed by atoms with Gasteiger partial charge in [-0.3, -0.25) is 0 Å². The van der Waals surface area contributed by atoms with Crippen molar-refractivity contribution in [3.63, 3.8) is 0 Å². The van der Waals surface area contributed by atoms with Crippen LogP contribution in [0.4, 0.5) is 0 Å². The van der Waals surface area contributed by atoms with E-state index in [1.807, 2.05) is 0 Å². The van der Waals surface area contributed by atoms with E-state index < -0.39 is 0 Å². The molecule has 0 saturated carbocycles. The molecule has 1 fully saturated rings. The molecule has 1 aliphatic heterocycles. The van der Waals surface area contributed by atoms with Crippen molar-refractivity contribution in [3.05, 3.63) is 60.7 Å². The topological polar surface area (TPSA) is 9.23 Å². The van der Waals surface area contributed by atoms with Crippen LogP contribution in [-0.4, -0.2) is 42.1 Å². The van der Waals surface area contributed by atoms with E-state index in [4.69, 9.17) is 4.74 Å². The van der Waals surface area contributed by atoms with Gasteiger partial charge >= 0.3 is 140 Å². The van der Waals surface area contributed by atoms with Gasteiger partial charge in [0.1, 0.15) is 0 Å². The van der Waals surface area contributed by atoms with E-state index in [0.717, 1.165) is 0 Å². The normalized spacial score (nSPS) is 21.5. The summed E-state index contributed by atoms with van der Waals surface area (Å²) in [4.78, 5) is 0. The molecule has 0 aromatic heterocycles. The molecule has 0 aliphatic carbocycles. The molecule has 1 aliphatic rings. The Labute approximate surface area is 139 Å². The molecular formula is C18H20OSe2. The van der Waals surface area contributed by atoms with Gasteiger partial charge in [0.05, 0.1) is 0 Å². The Kier molecular flexibility index (Phi) is 5.97. The van der Waals surface area contributed by atoms with Gasteiger partial charge in [0.25, 0.3) is 0 Å². The van der Waals surface area contributed by atoms with Crippen molar-refractivity contribution < 1.29 is 4.74 Å². The molecule has 21 heavy (non-hydrogen) atoms. The Balaban J connectivity index is 1.39. The Bertz CT molecular complexity index is 480. The molecule has 1 nitrogen and oxygen atoms in total. The third kappa shape index (κ3) is 4.98. The van der Waals surface area contributed by atoms with Crippen molar-refractivity contribution in [1.29, 1.82) is 0 Å². The molecule has 1 heterocycles. The Hall–Kier alpha value is -0.561. The summed E-state index contributed by atoms with van der Waals surface area (Å²) in [5, 5.41) is 2.46. The first-order chi connectivity index (χ1) is 10.4. The molecule has 2 aromatic carbocycles. The summed E-state index contributed by atoms with van der Waals surface area (Å²) >= 11 is 1.12. The van der Waals surface area contributed by atoms with Crippen LogP contribution in [0.3, 0.4) is 0 Å². The zero-order valence-corrected chi connectivity index (χ0v) is 15.4. The van der Waals surface area contributed by atoms with Crippen LogP contribution in [0.2, 0.25) is 10.6 Å². The summed E-state index contributed by atoms with van der Waals surface area (Å²) in [6.45, 7) is 0. The SMILES string of the molecule is c1ccc([Se]CC2CCC(C[Se]c3ccccc3)O2)cc1. The van der Waals surface area contributed by atoms with Crippen LogP contribution in [0, 0.1) is 0 Å². The van der Waals surface area contributed by atoms with E-state index in [1.165, 1.54) is 32.4 Å². The van der Waals surface area contributed by atoms with E-state index in [0.29, 0.717) is 42.1 Å². The standard InChI is InChI=1S/C18H20OSe2/c1-3-7-17(8-4-1)20-13-15-11-12-16(19-15)14-21-18-9-5-2-6-10-18/h1-10,15-16H,11-14H2. The van der Waals surface area contributed by atoms with E-state index >= 15 is 0 Å². The quantitative estimate of drug-likeness (QED) is 0.665. The van der Waals surface area contributed by atoms with Gasteiger partial charge in [-0.2, -0.15) is 0 Å². The van der Waals surface area contributed by atoms with Gasteiger partial charge in [-0.1, -0.05) is 0 Å². The van der Waals surface area contributed by atoms with E-state index in [-0.39, 0.29) is 0 Å². The van der Waals surface area contributed by atoms with Gasteiger partial charge in [-0.15, -0.1) is 0 Å². The first-order valence-electron chi connectivity index (χ1n) is 7.41. The second-order valence-electron chi connectivity index (χ2n) is 5.21. The fraction of sp³-hybridized carbons (Fsp3) is 0.333. The fourth-order valence-electron chi connectivity index (χ4n) is 2.44. The predicted octanol–water partition coefficient (Wildman–Crippen LogP) is 2.43. The monoisotopic (exact) mass is 412 g/mol. The van der Waals surface area contributed by atoms with Crippen molar-refractivity contribution in [2.24, 2.45) is 0 Å². The molecule has 0 N–H and O–H groups in total. The van der Waals surface area contributed by atoms with Crippen LogP contribution in [0.15, 0.2) is 60.7 Å². The molecule has 2 aromatic rings. The van der Waals surface area contributed by atoms with Gasteiger partial charge in [0, 0.05) is 0 Å². The fourth-order valence-corrected chi connectivity index (χ4v) is 6.52. The molecule has 110 valence electrons. The van der Waals surface area contributed by atoms with Crippen molar-refractivity contribution in [2.45, 2.75) is 35.7 Å². The third-order valence-electron chi connectivity index (χ3n) is 3.55. The van der Waals surface area contributed by atoms with Crippen molar-refractivity contribution >= 4 is 38.8 Å². The molecule has 0 spiro atoms. The van der Waals surface area contributed by atoms with Crippen molar-refractivity contribution in [3.8, 4) is 0 Å². The molecule has 0 radical (unpaired) electrons. The summed E-state index contributed by atoms with van der Waals surface area (Å²) in [7, 11) is 0. The number of ether oxygens (including phenoxy) is 1. The average Bonchev–Trinajstić information content (AvgIpc) is 3.01. The second-order valence-corrected chi connectivity index (χ2v) is 9.79. The molecule has 1 saturated heterocycles. The number of rotatable bonds is 6. The molecule has 2 atom stereocenters. The van der Waals surface area contributed by atoms with Crippen LogP contribution in [-0.2, 0) is 4.74 Å². The molecule has 0 bridgehead atoms. The van der Waals surface area contributed by atoms with Crippen LogP contribution in [0.5, 0.6) is 0 Å². The predicted molar refractivity (Wildman–Crippen MR) is 91.2 cm³/mol. The van der Waals surface area contributed by atoms with E-state index in [2.05, 4.69) is 60.7 Å². The van der Waals surface area contributed by atoms with E-state index in [9.17, 15) is 0 Å². The first-order valence-corrected chi connectivity index (χ1v) is 11.5. The molecule has 0 amide bonds. The van der Waals surface area contributed by atoms with Crippen LogP contribution >= 0.6 is 0 Å². The average molecular weight is 410 g/mol. The summed E-state index contributed by atoms with van der Waals surface area (Å²) in [5.41, 5.74) is 0. The Morgan fingerprint density at radius 1 is 0.714 bits per heavy atom. The first kappa shape index (κ1) is 15.3. The number of benzene rings is 2. The summed E-state index contributed by atoms with van der Waals surface area (Å²) in [5.74, 6) is 0. The zero-order chi connectivity index (χ0) is 14.3. The summed E-state index contributed by atoms with van der Waals surface area (Å²) in [6, 6.07) is 21.7. The number of hydrogen-bond donors (Lipinski definition) is 0. The van der Waals surface area contributed by atoms with Crippen molar-refractivity contribution in [1.82, 2.24) is 0 Å². The second kappa shape index (κ2) is 8.17. The van der Waals surface area contributed by atoms with Crippen molar-refractivity contribution in [2.75, 3.05) is 0 Å². The van der Waals surface area contributed by atoms with Gasteiger partial charge in [0.15, 0.2) is 0 Å². The molecular weight excluding hydrogens is 390 g/mol. The number of hydrogen-bond acceptors (Lipinski definition) is 1. The minimum absolute atomic E-state index is 0.502. The molecule has 3 heteroatoms. The van der Waals surface area contributed by atoms with Crippen LogP contribution in [0.25, 0.3) is 0 Å². The summed E-state index contributed by atoms with van der Waals surface area (Å²) < 4.78 is 9.22. The van der Waals surface area contributed by atoms with Gasteiger partial charge in [-0.05, 0) is 0 Å². The van der Waals surface area contributed by atoms with Crippen LogP contribution < -0.4 is 8.92 Å². The molecule has 3 rings (SSSR count). The summed E-state index contributed by atoms with van der Waals surface area (Å²) in [6.07, 6.45) is 3.51. The maximum absolute atomic E-state index is 6.24. The van der Waals surface area contributed by atoms with Crippen LogP contribution in [0.1, 0.15) is 12.8 Å². The Morgan fingerprint density at radius 2 is 1.14 bits per heavy atom. The van der Waals surface area contributed by atoms with Gasteiger partial charge in [0.2, 0.25) is 0 Å². The Morgan fingerprint density at radius 3 is 1.57 bits per heavy atom. The minimum atomic E-state index is 0.502. The zero-order valence-electron chi connectivity index (χ0n) is 12.0. The molecule has 2 unspecified atom stereocenters. The van der Waals surface area contributed by atoms with Gasteiger partial charge in [-0.25, -0.2) is 0 Å².